The summed E-state index contributed by atoms with van der Waals surface area (Å²) < 4.78 is 13.3. The number of nitrogens with one attached hydrogen (secondary N) is 1. The van der Waals surface area contributed by atoms with Gasteiger partial charge in [0.1, 0.15) is 5.82 Å². The first kappa shape index (κ1) is 13.2. The third kappa shape index (κ3) is 3.60. The predicted octanol–water partition coefficient (Wildman–Crippen LogP) is 2.94. The van der Waals surface area contributed by atoms with Crippen LogP contribution in [0.5, 0.6) is 0 Å². The summed E-state index contributed by atoms with van der Waals surface area (Å²) in [6, 6.07) is 10.3. The smallest absolute Gasteiger partial charge is 0.124 e. The van der Waals surface area contributed by atoms with Crippen molar-refractivity contribution in [2.24, 2.45) is 0 Å². The molecule has 0 bridgehead atoms. The van der Waals surface area contributed by atoms with Crippen LogP contribution in [0.15, 0.2) is 42.7 Å². The molecule has 1 N–H and O–H groups in total. The minimum Gasteiger partial charge on any atom is -0.306 e. The number of nitrogens with zero attached hydrogens (tertiary/aromatic N) is 2. The Morgan fingerprint density at radius 3 is 2.74 bits per heavy atom. The van der Waals surface area contributed by atoms with Crippen molar-refractivity contribution in [2.45, 2.75) is 19.5 Å². The van der Waals surface area contributed by atoms with Gasteiger partial charge in [-0.25, -0.2) is 4.39 Å². The van der Waals surface area contributed by atoms with E-state index < -0.39 is 0 Å². The number of rotatable bonds is 4. The first-order valence-electron chi connectivity index (χ1n) is 6.02. The molecule has 0 unspecified atom stereocenters. The van der Waals surface area contributed by atoms with Crippen LogP contribution in [-0.2, 0) is 6.54 Å². The molecule has 0 saturated carbocycles. The Bertz CT molecular complexity index is 590. The molecule has 0 aliphatic rings. The lowest BCUT2D eigenvalue weighted by Crippen LogP contribution is -2.18. The van der Waals surface area contributed by atoms with E-state index in [1.165, 1.54) is 12.1 Å². The third-order valence-electron chi connectivity index (χ3n) is 2.91. The van der Waals surface area contributed by atoms with E-state index >= 15 is 0 Å². The SMILES string of the molecule is C[C@@H](NCc1cc(F)cc(C#N)c1)c1ccncc1. The molecule has 1 atom stereocenters. The fourth-order valence-corrected chi connectivity index (χ4v) is 1.86. The van der Waals surface area contributed by atoms with Gasteiger partial charge < -0.3 is 5.32 Å². The van der Waals surface area contributed by atoms with Gasteiger partial charge in [-0.1, -0.05) is 0 Å². The lowest BCUT2D eigenvalue weighted by atomic mass is 10.1. The topological polar surface area (TPSA) is 48.7 Å². The fourth-order valence-electron chi connectivity index (χ4n) is 1.86. The number of benzene rings is 1. The Hall–Kier alpha value is -2.25. The maximum Gasteiger partial charge on any atom is 0.124 e. The summed E-state index contributed by atoms with van der Waals surface area (Å²) in [5.74, 6) is -0.382. The number of aromatic nitrogens is 1. The van der Waals surface area contributed by atoms with Crippen molar-refractivity contribution < 1.29 is 4.39 Å². The maximum absolute atomic E-state index is 13.3. The van der Waals surface area contributed by atoms with Crippen molar-refractivity contribution in [3.63, 3.8) is 0 Å². The summed E-state index contributed by atoms with van der Waals surface area (Å²) in [5.41, 5.74) is 2.22. The third-order valence-corrected chi connectivity index (χ3v) is 2.91. The normalized spacial score (nSPS) is 11.8. The zero-order valence-corrected chi connectivity index (χ0v) is 10.6. The van der Waals surface area contributed by atoms with Crippen LogP contribution >= 0.6 is 0 Å². The maximum atomic E-state index is 13.3. The Labute approximate surface area is 111 Å². The van der Waals surface area contributed by atoms with Gasteiger partial charge >= 0.3 is 0 Å². The van der Waals surface area contributed by atoms with Crippen LogP contribution in [0.4, 0.5) is 4.39 Å². The number of pyridine rings is 1. The van der Waals surface area contributed by atoms with Crippen molar-refractivity contribution in [1.29, 1.82) is 5.26 Å². The Morgan fingerprint density at radius 1 is 1.32 bits per heavy atom. The van der Waals surface area contributed by atoms with Crippen molar-refractivity contribution in [3.05, 3.63) is 65.2 Å². The molecule has 96 valence electrons. The molecule has 0 radical (unpaired) electrons. The summed E-state index contributed by atoms with van der Waals surface area (Å²) in [7, 11) is 0. The highest BCUT2D eigenvalue weighted by molar-refractivity contribution is 5.33. The van der Waals surface area contributed by atoms with Gasteiger partial charge in [-0.05, 0) is 48.4 Å². The van der Waals surface area contributed by atoms with Gasteiger partial charge in [0, 0.05) is 25.0 Å². The van der Waals surface area contributed by atoms with Crippen molar-refractivity contribution in [2.75, 3.05) is 0 Å². The predicted molar refractivity (Wildman–Crippen MR) is 70.6 cm³/mol. The molecule has 0 aliphatic carbocycles. The van der Waals surface area contributed by atoms with Crippen LogP contribution in [0.25, 0.3) is 0 Å². The van der Waals surface area contributed by atoms with Crippen molar-refractivity contribution >= 4 is 0 Å². The van der Waals surface area contributed by atoms with E-state index in [2.05, 4.69) is 10.3 Å². The molecule has 0 fully saturated rings. The van der Waals surface area contributed by atoms with Gasteiger partial charge in [0.2, 0.25) is 0 Å². The second-order valence-electron chi connectivity index (χ2n) is 4.34. The van der Waals surface area contributed by atoms with Crippen molar-refractivity contribution in [1.82, 2.24) is 10.3 Å². The van der Waals surface area contributed by atoms with Gasteiger partial charge in [-0.2, -0.15) is 5.26 Å². The van der Waals surface area contributed by atoms with Gasteiger partial charge in [0.15, 0.2) is 0 Å². The molecule has 0 saturated heterocycles. The lowest BCUT2D eigenvalue weighted by Gasteiger charge is -2.14. The summed E-state index contributed by atoms with van der Waals surface area (Å²) in [6.07, 6.45) is 3.48. The largest absolute Gasteiger partial charge is 0.306 e. The minimum atomic E-state index is -0.382. The standard InChI is InChI=1S/C15H14FN3/c1-11(14-2-4-18-5-3-14)19-10-13-6-12(9-17)7-15(16)8-13/h2-8,11,19H,10H2,1H3/t11-/m1/s1. The van der Waals surface area contributed by atoms with Crippen LogP contribution in [0.2, 0.25) is 0 Å². The summed E-state index contributed by atoms with van der Waals surface area (Å²) in [5, 5.41) is 12.1. The molecule has 3 nitrogen and oxygen atoms in total. The summed E-state index contributed by atoms with van der Waals surface area (Å²) in [6.45, 7) is 2.54. The second-order valence-corrected chi connectivity index (χ2v) is 4.34. The molecule has 1 heterocycles. The molecule has 0 amide bonds. The minimum absolute atomic E-state index is 0.136. The molecule has 0 spiro atoms. The zero-order chi connectivity index (χ0) is 13.7. The highest BCUT2D eigenvalue weighted by atomic mass is 19.1. The first-order valence-corrected chi connectivity index (χ1v) is 6.02. The molecule has 2 aromatic rings. The van der Waals surface area contributed by atoms with E-state index in [1.807, 2.05) is 25.1 Å². The molecule has 19 heavy (non-hydrogen) atoms. The molecule has 4 heteroatoms. The number of hydrogen-bond donors (Lipinski definition) is 1. The van der Waals surface area contributed by atoms with E-state index in [1.54, 1.807) is 18.5 Å². The lowest BCUT2D eigenvalue weighted by molar-refractivity contribution is 0.568. The fraction of sp³-hybridized carbons (Fsp3) is 0.200. The monoisotopic (exact) mass is 255 g/mol. The van der Waals surface area contributed by atoms with Crippen LogP contribution in [0, 0.1) is 17.1 Å². The molecule has 0 aliphatic heterocycles. The Balaban J connectivity index is 2.03. The van der Waals surface area contributed by atoms with Crippen LogP contribution in [0.3, 0.4) is 0 Å². The molecule has 1 aromatic heterocycles. The van der Waals surface area contributed by atoms with E-state index in [0.29, 0.717) is 12.1 Å². The van der Waals surface area contributed by atoms with Gasteiger partial charge in [0.05, 0.1) is 11.6 Å². The van der Waals surface area contributed by atoms with Crippen molar-refractivity contribution in [3.8, 4) is 6.07 Å². The highest BCUT2D eigenvalue weighted by Gasteiger charge is 2.05. The van der Waals surface area contributed by atoms with E-state index in [9.17, 15) is 4.39 Å². The molecule has 1 aromatic carbocycles. The average Bonchev–Trinajstić information content (AvgIpc) is 2.45. The Morgan fingerprint density at radius 2 is 2.05 bits per heavy atom. The van der Waals surface area contributed by atoms with Gasteiger partial charge in [-0.3, -0.25) is 4.98 Å². The first-order chi connectivity index (χ1) is 9.19. The Kier molecular flexibility index (Phi) is 4.22. The van der Waals surface area contributed by atoms with E-state index in [-0.39, 0.29) is 11.9 Å². The van der Waals surface area contributed by atoms with Crippen LogP contribution in [-0.4, -0.2) is 4.98 Å². The zero-order valence-electron chi connectivity index (χ0n) is 10.6. The average molecular weight is 255 g/mol. The number of hydrogen-bond acceptors (Lipinski definition) is 3. The highest BCUT2D eigenvalue weighted by Crippen LogP contribution is 2.13. The van der Waals surface area contributed by atoms with Crippen LogP contribution < -0.4 is 5.32 Å². The summed E-state index contributed by atoms with van der Waals surface area (Å²) in [4.78, 5) is 3.97. The molecular weight excluding hydrogens is 241 g/mol. The second kappa shape index (κ2) is 6.07. The molecule has 2 rings (SSSR count). The summed E-state index contributed by atoms with van der Waals surface area (Å²) >= 11 is 0. The van der Waals surface area contributed by atoms with E-state index in [0.717, 1.165) is 11.1 Å². The quantitative estimate of drug-likeness (QED) is 0.913. The van der Waals surface area contributed by atoms with Gasteiger partial charge in [-0.15, -0.1) is 0 Å². The number of nitriles is 1. The number of halogens is 1. The van der Waals surface area contributed by atoms with E-state index in [4.69, 9.17) is 5.26 Å². The van der Waals surface area contributed by atoms with Gasteiger partial charge in [0.25, 0.3) is 0 Å². The molecular formula is C15H14FN3. The van der Waals surface area contributed by atoms with Crippen LogP contribution in [0.1, 0.15) is 29.7 Å².